The SMILES string of the molecule is COc1ccc(-c2cccc(-c3ccccc3)c2-c2ccccc2-c2ccccc2)cc1. The van der Waals surface area contributed by atoms with Crippen LogP contribution in [-0.2, 0) is 0 Å². The second kappa shape index (κ2) is 8.95. The van der Waals surface area contributed by atoms with Crippen molar-refractivity contribution < 1.29 is 4.74 Å². The molecule has 0 spiro atoms. The van der Waals surface area contributed by atoms with Gasteiger partial charge in [0.05, 0.1) is 7.11 Å². The Bertz CT molecular complexity index is 1320. The Morgan fingerprint density at radius 3 is 1.38 bits per heavy atom. The van der Waals surface area contributed by atoms with Gasteiger partial charge in [0.15, 0.2) is 0 Å². The number of hydrogen-bond donors (Lipinski definition) is 0. The predicted molar refractivity (Wildman–Crippen MR) is 135 cm³/mol. The lowest BCUT2D eigenvalue weighted by atomic mass is 9.84. The summed E-state index contributed by atoms with van der Waals surface area (Å²) in [5.74, 6) is 0.860. The van der Waals surface area contributed by atoms with E-state index in [0.717, 1.165) is 5.75 Å². The lowest BCUT2D eigenvalue weighted by Gasteiger charge is -2.19. The van der Waals surface area contributed by atoms with Crippen LogP contribution in [-0.4, -0.2) is 7.11 Å². The van der Waals surface area contributed by atoms with Crippen molar-refractivity contribution in [3.8, 4) is 50.3 Å². The fourth-order valence-electron chi connectivity index (χ4n) is 4.28. The molecule has 0 bridgehead atoms. The van der Waals surface area contributed by atoms with Crippen molar-refractivity contribution in [3.05, 3.63) is 127 Å². The van der Waals surface area contributed by atoms with Gasteiger partial charge in [0.25, 0.3) is 0 Å². The molecule has 1 nitrogen and oxygen atoms in total. The van der Waals surface area contributed by atoms with E-state index in [0.29, 0.717) is 0 Å². The van der Waals surface area contributed by atoms with Crippen molar-refractivity contribution in [2.45, 2.75) is 0 Å². The van der Waals surface area contributed by atoms with Crippen molar-refractivity contribution in [2.24, 2.45) is 0 Å². The molecule has 0 aliphatic rings. The maximum absolute atomic E-state index is 5.39. The van der Waals surface area contributed by atoms with Gasteiger partial charge >= 0.3 is 0 Å². The molecule has 5 rings (SSSR count). The normalized spacial score (nSPS) is 10.7. The summed E-state index contributed by atoms with van der Waals surface area (Å²) in [6.07, 6.45) is 0. The third-order valence-electron chi connectivity index (χ3n) is 5.83. The van der Waals surface area contributed by atoms with E-state index in [9.17, 15) is 0 Å². The lowest BCUT2D eigenvalue weighted by Crippen LogP contribution is -1.93. The van der Waals surface area contributed by atoms with Gasteiger partial charge in [0, 0.05) is 0 Å². The van der Waals surface area contributed by atoms with Gasteiger partial charge in [0.2, 0.25) is 0 Å². The highest BCUT2D eigenvalue weighted by Crippen LogP contribution is 2.43. The fraction of sp³-hybridized carbons (Fsp3) is 0.0323. The molecule has 0 unspecified atom stereocenters. The third kappa shape index (κ3) is 3.81. The summed E-state index contributed by atoms with van der Waals surface area (Å²) >= 11 is 0. The van der Waals surface area contributed by atoms with Crippen LogP contribution in [0.15, 0.2) is 127 Å². The number of ether oxygens (including phenoxy) is 1. The number of rotatable bonds is 5. The summed E-state index contributed by atoms with van der Waals surface area (Å²) in [6, 6.07) is 44.8. The quantitative estimate of drug-likeness (QED) is 0.282. The van der Waals surface area contributed by atoms with Crippen LogP contribution in [0.2, 0.25) is 0 Å². The second-order valence-electron chi connectivity index (χ2n) is 7.73. The van der Waals surface area contributed by atoms with Crippen molar-refractivity contribution >= 4 is 0 Å². The largest absolute Gasteiger partial charge is 0.497 e. The van der Waals surface area contributed by atoms with Crippen LogP contribution in [0.4, 0.5) is 0 Å². The molecule has 0 saturated heterocycles. The second-order valence-corrected chi connectivity index (χ2v) is 7.73. The van der Waals surface area contributed by atoms with Gasteiger partial charge in [-0.2, -0.15) is 0 Å². The van der Waals surface area contributed by atoms with Gasteiger partial charge in [-0.1, -0.05) is 115 Å². The topological polar surface area (TPSA) is 9.23 Å². The number of hydrogen-bond acceptors (Lipinski definition) is 1. The van der Waals surface area contributed by atoms with Crippen LogP contribution in [0, 0.1) is 0 Å². The maximum atomic E-state index is 5.39. The molecule has 0 saturated carbocycles. The van der Waals surface area contributed by atoms with Crippen LogP contribution in [0.5, 0.6) is 5.75 Å². The highest BCUT2D eigenvalue weighted by Gasteiger charge is 2.17. The molecule has 1 heteroatoms. The van der Waals surface area contributed by atoms with Crippen LogP contribution in [0.3, 0.4) is 0 Å². The zero-order valence-electron chi connectivity index (χ0n) is 18.0. The van der Waals surface area contributed by atoms with Crippen LogP contribution < -0.4 is 4.74 Å². The molecule has 0 fully saturated rings. The van der Waals surface area contributed by atoms with Crippen LogP contribution in [0.1, 0.15) is 0 Å². The van der Waals surface area contributed by atoms with Gasteiger partial charge in [0.1, 0.15) is 5.75 Å². The molecule has 0 aliphatic heterocycles. The Balaban J connectivity index is 1.81. The predicted octanol–water partition coefficient (Wildman–Crippen LogP) is 8.36. The molecular formula is C31H24O. The molecule has 0 N–H and O–H groups in total. The lowest BCUT2D eigenvalue weighted by molar-refractivity contribution is 0.415. The zero-order chi connectivity index (χ0) is 21.8. The fourth-order valence-corrected chi connectivity index (χ4v) is 4.28. The minimum Gasteiger partial charge on any atom is -0.497 e. The van der Waals surface area contributed by atoms with Crippen molar-refractivity contribution in [3.63, 3.8) is 0 Å². The number of methoxy groups -OCH3 is 1. The molecule has 5 aromatic carbocycles. The van der Waals surface area contributed by atoms with E-state index in [4.69, 9.17) is 4.74 Å². The first kappa shape index (κ1) is 19.8. The smallest absolute Gasteiger partial charge is 0.118 e. The van der Waals surface area contributed by atoms with Crippen molar-refractivity contribution in [2.75, 3.05) is 7.11 Å². The third-order valence-corrected chi connectivity index (χ3v) is 5.83. The maximum Gasteiger partial charge on any atom is 0.118 e. The molecular weight excluding hydrogens is 388 g/mol. The molecule has 0 aliphatic carbocycles. The Morgan fingerprint density at radius 2 is 0.812 bits per heavy atom. The van der Waals surface area contributed by atoms with Gasteiger partial charge < -0.3 is 4.74 Å². The molecule has 0 atom stereocenters. The van der Waals surface area contributed by atoms with E-state index in [2.05, 4.69) is 115 Å². The van der Waals surface area contributed by atoms with E-state index in [1.54, 1.807) is 7.11 Å². The summed E-state index contributed by atoms with van der Waals surface area (Å²) in [5.41, 5.74) is 9.71. The Hall–Kier alpha value is -4.10. The van der Waals surface area contributed by atoms with Crippen LogP contribution in [0.25, 0.3) is 44.5 Å². The van der Waals surface area contributed by atoms with E-state index < -0.39 is 0 Å². The first-order valence-corrected chi connectivity index (χ1v) is 10.8. The van der Waals surface area contributed by atoms with E-state index in [1.165, 1.54) is 44.5 Å². The van der Waals surface area contributed by atoms with E-state index in [-0.39, 0.29) is 0 Å². The van der Waals surface area contributed by atoms with E-state index >= 15 is 0 Å². The molecule has 5 aromatic rings. The first-order chi connectivity index (χ1) is 15.8. The van der Waals surface area contributed by atoms with Crippen LogP contribution >= 0.6 is 0 Å². The summed E-state index contributed by atoms with van der Waals surface area (Å²) < 4.78 is 5.39. The van der Waals surface area contributed by atoms with Crippen molar-refractivity contribution in [1.82, 2.24) is 0 Å². The highest BCUT2D eigenvalue weighted by atomic mass is 16.5. The monoisotopic (exact) mass is 412 g/mol. The summed E-state index contributed by atoms with van der Waals surface area (Å²) in [6.45, 7) is 0. The minimum atomic E-state index is 0.860. The van der Waals surface area contributed by atoms with Gasteiger partial charge in [-0.3, -0.25) is 0 Å². The number of benzene rings is 5. The minimum absolute atomic E-state index is 0.860. The Kier molecular flexibility index (Phi) is 5.55. The molecule has 32 heavy (non-hydrogen) atoms. The zero-order valence-corrected chi connectivity index (χ0v) is 18.0. The Labute approximate surface area is 189 Å². The first-order valence-electron chi connectivity index (χ1n) is 10.8. The Morgan fingerprint density at radius 1 is 0.375 bits per heavy atom. The molecule has 0 amide bonds. The summed E-state index contributed by atoms with van der Waals surface area (Å²) in [7, 11) is 1.70. The molecule has 0 radical (unpaired) electrons. The average molecular weight is 413 g/mol. The standard InChI is InChI=1S/C31H24O/c1-32-26-21-19-25(20-22-26)29-18-10-17-28(24-13-6-3-7-14-24)31(29)30-16-9-8-15-27(30)23-11-4-2-5-12-23/h2-22H,1H3. The average Bonchev–Trinajstić information content (AvgIpc) is 2.89. The van der Waals surface area contributed by atoms with Gasteiger partial charge in [-0.05, 0) is 56.6 Å². The highest BCUT2D eigenvalue weighted by molar-refractivity contribution is 5.99. The molecule has 0 aromatic heterocycles. The van der Waals surface area contributed by atoms with E-state index in [1.807, 2.05) is 12.1 Å². The van der Waals surface area contributed by atoms with Crippen molar-refractivity contribution in [1.29, 1.82) is 0 Å². The summed E-state index contributed by atoms with van der Waals surface area (Å²) in [4.78, 5) is 0. The summed E-state index contributed by atoms with van der Waals surface area (Å²) in [5, 5.41) is 0. The molecule has 154 valence electrons. The van der Waals surface area contributed by atoms with Gasteiger partial charge in [-0.25, -0.2) is 0 Å². The molecule has 0 heterocycles. The van der Waals surface area contributed by atoms with Gasteiger partial charge in [-0.15, -0.1) is 0 Å².